The number of benzene rings is 2. The average Bonchev–Trinajstić information content (AvgIpc) is 2.92. The van der Waals surface area contributed by atoms with Crippen LogP contribution >= 0.6 is 0 Å². The SMILES string of the molecule is COC(=O)[C@@H](NC(=O)OC(C)(C)C)[C@H](O)c1ccccc1.COC(=O)[C@@H](O)[C@H](NC(=O)OC(C)(C)C)c1ccccc1. The first kappa shape index (κ1) is 35.9. The number of hydrogen-bond donors (Lipinski definition) is 4. The number of nitrogens with one attached hydrogen (secondary N) is 2. The Labute approximate surface area is 246 Å². The second kappa shape index (κ2) is 16.3. The van der Waals surface area contributed by atoms with Gasteiger partial charge in [0.25, 0.3) is 0 Å². The molecule has 4 atom stereocenters. The van der Waals surface area contributed by atoms with Gasteiger partial charge in [-0.1, -0.05) is 60.7 Å². The van der Waals surface area contributed by atoms with Crippen molar-refractivity contribution in [3.8, 4) is 0 Å². The number of alkyl carbamates (subject to hydrolysis) is 2. The first-order valence-electron chi connectivity index (χ1n) is 13.1. The molecule has 0 aliphatic heterocycles. The fourth-order valence-corrected chi connectivity index (χ4v) is 3.37. The number of hydrogen-bond acceptors (Lipinski definition) is 10. The van der Waals surface area contributed by atoms with Crippen molar-refractivity contribution in [2.24, 2.45) is 0 Å². The smallest absolute Gasteiger partial charge is 0.408 e. The zero-order chi connectivity index (χ0) is 32.1. The monoisotopic (exact) mass is 590 g/mol. The van der Waals surface area contributed by atoms with Gasteiger partial charge in [-0.25, -0.2) is 19.2 Å². The minimum absolute atomic E-state index is 0.490. The Kier molecular flexibility index (Phi) is 13.9. The molecule has 232 valence electrons. The molecular weight excluding hydrogens is 548 g/mol. The van der Waals surface area contributed by atoms with Gasteiger partial charge < -0.3 is 39.8 Å². The van der Waals surface area contributed by atoms with Gasteiger partial charge in [-0.05, 0) is 52.7 Å². The van der Waals surface area contributed by atoms with Gasteiger partial charge in [0.2, 0.25) is 0 Å². The van der Waals surface area contributed by atoms with Crippen molar-refractivity contribution in [1.29, 1.82) is 0 Å². The summed E-state index contributed by atoms with van der Waals surface area (Å²) in [5, 5.41) is 25.1. The molecule has 0 bridgehead atoms. The van der Waals surface area contributed by atoms with Crippen molar-refractivity contribution in [3.05, 3.63) is 71.8 Å². The van der Waals surface area contributed by atoms with Gasteiger partial charge in [0.15, 0.2) is 12.1 Å². The number of carbonyl (C=O) groups is 4. The third-order valence-electron chi connectivity index (χ3n) is 5.17. The number of methoxy groups -OCH3 is 2. The zero-order valence-electron chi connectivity index (χ0n) is 25.2. The lowest BCUT2D eigenvalue weighted by atomic mass is 10.0. The van der Waals surface area contributed by atoms with E-state index in [1.54, 1.807) is 102 Å². The van der Waals surface area contributed by atoms with E-state index in [0.29, 0.717) is 11.1 Å². The fourth-order valence-electron chi connectivity index (χ4n) is 3.37. The van der Waals surface area contributed by atoms with E-state index < -0.39 is 59.6 Å². The van der Waals surface area contributed by atoms with Crippen LogP contribution in [0.5, 0.6) is 0 Å². The lowest BCUT2D eigenvalue weighted by Gasteiger charge is -2.25. The van der Waals surface area contributed by atoms with Gasteiger partial charge in [-0.2, -0.15) is 0 Å². The Morgan fingerprint density at radius 2 is 1.05 bits per heavy atom. The Bertz CT molecular complexity index is 1140. The third kappa shape index (κ3) is 13.0. The van der Waals surface area contributed by atoms with Crippen LogP contribution in [0.25, 0.3) is 0 Å². The number of aliphatic hydroxyl groups is 2. The summed E-state index contributed by atoms with van der Waals surface area (Å²) < 4.78 is 19.4. The molecule has 2 rings (SSSR count). The minimum atomic E-state index is -1.52. The van der Waals surface area contributed by atoms with E-state index in [-0.39, 0.29) is 0 Å². The number of ether oxygens (including phenoxy) is 4. The normalized spacial score (nSPS) is 14.0. The Balaban J connectivity index is 0.000000420. The molecule has 0 aliphatic carbocycles. The largest absolute Gasteiger partial charge is 0.467 e. The molecule has 42 heavy (non-hydrogen) atoms. The van der Waals surface area contributed by atoms with E-state index in [1.807, 2.05) is 0 Å². The molecule has 0 aromatic heterocycles. The third-order valence-corrected chi connectivity index (χ3v) is 5.17. The summed E-state index contributed by atoms with van der Waals surface area (Å²) in [4.78, 5) is 46.9. The van der Waals surface area contributed by atoms with Gasteiger partial charge >= 0.3 is 24.1 Å². The maximum absolute atomic E-state index is 11.9. The Morgan fingerprint density at radius 3 is 1.45 bits per heavy atom. The molecule has 2 aromatic carbocycles. The number of carbonyl (C=O) groups excluding carboxylic acids is 4. The molecule has 0 unspecified atom stereocenters. The first-order valence-corrected chi connectivity index (χ1v) is 13.1. The minimum Gasteiger partial charge on any atom is -0.467 e. The van der Waals surface area contributed by atoms with Crippen LogP contribution in [0.1, 0.15) is 64.8 Å². The van der Waals surface area contributed by atoms with E-state index in [4.69, 9.17) is 9.47 Å². The molecule has 2 aromatic rings. The van der Waals surface area contributed by atoms with Crippen LogP contribution in [0.3, 0.4) is 0 Å². The maximum atomic E-state index is 11.9. The summed E-state index contributed by atoms with van der Waals surface area (Å²) in [5.41, 5.74) is -0.325. The second-order valence-electron chi connectivity index (χ2n) is 11.0. The summed E-state index contributed by atoms with van der Waals surface area (Å²) >= 11 is 0. The topological polar surface area (TPSA) is 170 Å². The number of amides is 2. The lowest BCUT2D eigenvalue weighted by Crippen LogP contribution is -2.47. The van der Waals surface area contributed by atoms with Crippen molar-refractivity contribution >= 4 is 24.1 Å². The molecule has 4 N–H and O–H groups in total. The van der Waals surface area contributed by atoms with Crippen molar-refractivity contribution in [1.82, 2.24) is 10.6 Å². The van der Waals surface area contributed by atoms with E-state index in [1.165, 1.54) is 14.2 Å². The first-order chi connectivity index (χ1) is 19.5. The molecule has 2 amide bonds. The van der Waals surface area contributed by atoms with Crippen LogP contribution < -0.4 is 10.6 Å². The Morgan fingerprint density at radius 1 is 0.643 bits per heavy atom. The highest BCUT2D eigenvalue weighted by Gasteiger charge is 2.33. The lowest BCUT2D eigenvalue weighted by molar-refractivity contribution is -0.152. The van der Waals surface area contributed by atoms with Gasteiger partial charge in [0.1, 0.15) is 17.3 Å². The van der Waals surface area contributed by atoms with E-state index >= 15 is 0 Å². The van der Waals surface area contributed by atoms with Gasteiger partial charge in [-0.3, -0.25) is 0 Å². The highest BCUT2D eigenvalue weighted by Crippen LogP contribution is 2.20. The maximum Gasteiger partial charge on any atom is 0.408 e. The molecule has 0 fully saturated rings. The summed E-state index contributed by atoms with van der Waals surface area (Å²) in [5.74, 6) is -1.59. The highest BCUT2D eigenvalue weighted by atomic mass is 16.6. The molecule has 0 spiro atoms. The zero-order valence-corrected chi connectivity index (χ0v) is 25.2. The van der Waals surface area contributed by atoms with Crippen LogP contribution in [-0.2, 0) is 28.5 Å². The van der Waals surface area contributed by atoms with E-state index in [2.05, 4.69) is 20.1 Å². The molecular formula is C30H42N2O10. The second-order valence-corrected chi connectivity index (χ2v) is 11.0. The number of rotatable bonds is 8. The molecule has 0 aliphatic rings. The predicted octanol–water partition coefficient (Wildman–Crippen LogP) is 3.57. The number of esters is 2. The fraction of sp³-hybridized carbons (Fsp3) is 0.467. The predicted molar refractivity (Wildman–Crippen MR) is 153 cm³/mol. The standard InChI is InChI=1S/2C15H21NO5/c1-15(2,3)21-14(19)16-11(13(18)20-4)12(17)10-8-6-5-7-9-10;1-15(2,3)21-14(19)16-11(12(17)13(18)20-4)10-8-6-5-7-9-10/h2*5-9,11-12,17H,1-4H3,(H,16,19)/t2*11-,12+/m01/s1. The average molecular weight is 591 g/mol. The van der Waals surface area contributed by atoms with Crippen molar-refractivity contribution in [3.63, 3.8) is 0 Å². The van der Waals surface area contributed by atoms with Crippen LogP contribution in [-0.4, -0.2) is 71.9 Å². The van der Waals surface area contributed by atoms with E-state index in [0.717, 1.165) is 0 Å². The van der Waals surface area contributed by atoms with Crippen LogP contribution in [0, 0.1) is 0 Å². The van der Waals surface area contributed by atoms with Crippen LogP contribution in [0.2, 0.25) is 0 Å². The molecule has 0 saturated heterocycles. The molecule has 0 saturated carbocycles. The Hall–Kier alpha value is -4.16. The van der Waals surface area contributed by atoms with Crippen LogP contribution in [0.15, 0.2) is 60.7 Å². The summed E-state index contributed by atoms with van der Waals surface area (Å²) in [6, 6.07) is 15.0. The summed E-state index contributed by atoms with van der Waals surface area (Å²) in [6.07, 6.45) is -4.27. The summed E-state index contributed by atoms with van der Waals surface area (Å²) in [7, 11) is 2.35. The van der Waals surface area contributed by atoms with Gasteiger partial charge in [0, 0.05) is 0 Å². The van der Waals surface area contributed by atoms with E-state index in [9.17, 15) is 29.4 Å². The van der Waals surface area contributed by atoms with Crippen LogP contribution in [0.4, 0.5) is 9.59 Å². The molecule has 0 radical (unpaired) electrons. The van der Waals surface area contributed by atoms with Gasteiger partial charge in [0.05, 0.1) is 20.3 Å². The molecule has 0 heterocycles. The quantitative estimate of drug-likeness (QED) is 0.263. The molecule has 12 heteroatoms. The highest BCUT2D eigenvalue weighted by molar-refractivity contribution is 5.82. The summed E-state index contributed by atoms with van der Waals surface area (Å²) in [6.45, 7) is 10.3. The van der Waals surface area contributed by atoms with Crippen molar-refractivity contribution < 1.29 is 48.3 Å². The van der Waals surface area contributed by atoms with Gasteiger partial charge in [-0.15, -0.1) is 0 Å². The molecule has 12 nitrogen and oxygen atoms in total. The van der Waals surface area contributed by atoms with Crippen molar-refractivity contribution in [2.75, 3.05) is 14.2 Å². The van der Waals surface area contributed by atoms with Crippen molar-refractivity contribution in [2.45, 2.75) is 77.0 Å². The number of aliphatic hydroxyl groups excluding tert-OH is 2.